The van der Waals surface area contributed by atoms with Gasteiger partial charge in [-0.1, -0.05) is 29.4 Å². The number of rotatable bonds is 5. The molecule has 0 radical (unpaired) electrons. The highest BCUT2D eigenvalue weighted by Gasteiger charge is 2.11. The first-order chi connectivity index (χ1) is 10.7. The Balaban J connectivity index is 2.02. The molecule has 0 aliphatic heterocycles. The third-order valence-corrected chi connectivity index (χ3v) is 4.33. The molecule has 0 aliphatic carbocycles. The smallest absolute Gasteiger partial charge is 0.280 e. The zero-order valence-corrected chi connectivity index (χ0v) is 13.2. The van der Waals surface area contributed by atoms with Crippen molar-refractivity contribution in [2.24, 2.45) is 0 Å². The maximum atomic E-state index is 12.5. The summed E-state index contributed by atoms with van der Waals surface area (Å²) in [5.41, 5.74) is 0.826. The number of thioether (sulfide) groups is 1. The molecular weight excluding hydrogens is 320 g/mol. The Morgan fingerprint density at radius 2 is 2.00 bits per heavy atom. The molecule has 0 aliphatic rings. The molecule has 7 heteroatoms. The number of hydrogen-bond donors (Lipinski definition) is 0. The minimum atomic E-state index is -0.215. The minimum Gasteiger partial charge on any atom is -0.280 e. The summed E-state index contributed by atoms with van der Waals surface area (Å²) in [4.78, 5) is 12.5. The highest BCUT2D eigenvalue weighted by Crippen LogP contribution is 2.17. The lowest BCUT2D eigenvalue weighted by molar-refractivity contribution is 0.893. The Bertz CT molecular complexity index is 869. The van der Waals surface area contributed by atoms with Gasteiger partial charge in [-0.2, -0.15) is 0 Å². The first-order valence-corrected chi connectivity index (χ1v) is 8.03. The van der Waals surface area contributed by atoms with Gasteiger partial charge in [0.1, 0.15) is 0 Å². The van der Waals surface area contributed by atoms with E-state index in [-0.39, 0.29) is 5.56 Å². The van der Waals surface area contributed by atoms with Crippen molar-refractivity contribution in [1.82, 2.24) is 19.2 Å². The van der Waals surface area contributed by atoms with Crippen molar-refractivity contribution >= 4 is 29.0 Å². The van der Waals surface area contributed by atoms with E-state index in [1.807, 2.05) is 6.08 Å². The molecule has 2 heterocycles. The summed E-state index contributed by atoms with van der Waals surface area (Å²) in [6.07, 6.45) is 6.23. The fraction of sp³-hybridized carbons (Fsp3) is 0.133. The number of halogens is 1. The molecule has 2 aromatic heterocycles. The van der Waals surface area contributed by atoms with E-state index in [1.165, 1.54) is 4.57 Å². The van der Waals surface area contributed by atoms with Gasteiger partial charge < -0.3 is 0 Å². The van der Waals surface area contributed by atoms with Crippen LogP contribution >= 0.6 is 23.4 Å². The Labute approximate surface area is 136 Å². The predicted octanol–water partition coefficient (Wildman–Crippen LogP) is 3.20. The van der Waals surface area contributed by atoms with E-state index >= 15 is 0 Å². The van der Waals surface area contributed by atoms with Crippen LogP contribution in [0.2, 0.25) is 5.02 Å². The van der Waals surface area contributed by atoms with Crippen molar-refractivity contribution in [1.29, 1.82) is 0 Å². The van der Waals surface area contributed by atoms with E-state index < -0.39 is 0 Å². The van der Waals surface area contributed by atoms with Gasteiger partial charge in [-0.3, -0.25) is 13.8 Å². The second kappa shape index (κ2) is 6.37. The third-order valence-electron chi connectivity index (χ3n) is 3.10. The average molecular weight is 333 g/mol. The Kier molecular flexibility index (Phi) is 4.31. The molecule has 3 rings (SSSR count). The van der Waals surface area contributed by atoms with Gasteiger partial charge in [0.05, 0.1) is 0 Å². The lowest BCUT2D eigenvalue weighted by atomic mass is 10.3. The van der Waals surface area contributed by atoms with Crippen molar-refractivity contribution in [2.45, 2.75) is 11.6 Å². The Morgan fingerprint density at radius 1 is 1.23 bits per heavy atom. The third kappa shape index (κ3) is 2.80. The van der Waals surface area contributed by atoms with E-state index in [2.05, 4.69) is 16.8 Å². The highest BCUT2D eigenvalue weighted by atomic mass is 35.5. The molecule has 0 saturated carbocycles. The zero-order valence-electron chi connectivity index (χ0n) is 11.6. The molecule has 0 saturated heterocycles. The van der Waals surface area contributed by atoms with Crippen molar-refractivity contribution in [2.75, 3.05) is 5.75 Å². The second-order valence-electron chi connectivity index (χ2n) is 4.55. The molecule has 1 aromatic carbocycles. The molecule has 0 spiro atoms. The maximum absolute atomic E-state index is 12.5. The number of benzene rings is 1. The molecule has 0 N–H and O–H groups in total. The first-order valence-electron chi connectivity index (χ1n) is 6.67. The van der Waals surface area contributed by atoms with Gasteiger partial charge >= 0.3 is 5.56 Å². The number of aromatic nitrogens is 4. The summed E-state index contributed by atoms with van der Waals surface area (Å²) in [5, 5.41) is 9.42. The second-order valence-corrected chi connectivity index (χ2v) is 6.05. The number of nitrogens with zero attached hydrogens (tertiary/aromatic N) is 4. The number of hydrogen-bond acceptors (Lipinski definition) is 4. The largest absolute Gasteiger partial charge is 0.300 e. The minimum absolute atomic E-state index is 0.215. The van der Waals surface area contributed by atoms with Gasteiger partial charge in [-0.15, -0.1) is 16.8 Å². The van der Waals surface area contributed by atoms with E-state index in [9.17, 15) is 4.79 Å². The molecule has 112 valence electrons. The number of fused-ring (bicyclic) bond motifs is 1. The monoisotopic (exact) mass is 332 g/mol. The molecule has 0 atom stereocenters. The normalized spacial score (nSPS) is 11.0. The lowest BCUT2D eigenvalue weighted by Crippen LogP contribution is -2.20. The number of allylic oxidation sites excluding steroid dienone is 1. The summed E-state index contributed by atoms with van der Waals surface area (Å²) < 4.78 is 3.24. The topological polar surface area (TPSA) is 52.2 Å². The van der Waals surface area contributed by atoms with Crippen LogP contribution in [0.4, 0.5) is 0 Å². The standard InChI is InChI=1S/C15H13ClN4OS/c1-2-3-10-22-15-18-17-13-14(21)19(8-9-20(13)15)12-6-4-11(16)5-7-12/h2,4-9H,1,3,10H2. The average Bonchev–Trinajstić information content (AvgIpc) is 2.93. The summed E-state index contributed by atoms with van der Waals surface area (Å²) >= 11 is 7.42. The lowest BCUT2D eigenvalue weighted by Gasteiger charge is -2.06. The van der Waals surface area contributed by atoms with Crippen molar-refractivity contribution in [3.05, 3.63) is 64.7 Å². The maximum Gasteiger partial charge on any atom is 0.300 e. The van der Waals surface area contributed by atoms with Gasteiger partial charge in [0.2, 0.25) is 5.65 Å². The first kappa shape index (κ1) is 14.9. The van der Waals surface area contributed by atoms with Crippen LogP contribution in [0, 0.1) is 0 Å². The highest BCUT2D eigenvalue weighted by molar-refractivity contribution is 7.99. The van der Waals surface area contributed by atoms with Crippen LogP contribution < -0.4 is 5.56 Å². The van der Waals surface area contributed by atoms with Gasteiger partial charge in [-0.25, -0.2) is 0 Å². The van der Waals surface area contributed by atoms with Crippen molar-refractivity contribution in [3.8, 4) is 5.69 Å². The van der Waals surface area contributed by atoms with Crippen LogP contribution in [0.25, 0.3) is 11.3 Å². The molecule has 5 nitrogen and oxygen atoms in total. The van der Waals surface area contributed by atoms with Gasteiger partial charge in [0, 0.05) is 28.9 Å². The van der Waals surface area contributed by atoms with Crippen LogP contribution in [0.15, 0.2) is 59.3 Å². The Hall–Kier alpha value is -2.05. The summed E-state index contributed by atoms with van der Waals surface area (Å²) in [5.74, 6) is 0.852. The zero-order chi connectivity index (χ0) is 15.5. The van der Waals surface area contributed by atoms with Crippen LogP contribution in [-0.2, 0) is 0 Å². The summed E-state index contributed by atoms with van der Waals surface area (Å²) in [7, 11) is 0. The van der Waals surface area contributed by atoms with Crippen LogP contribution in [-0.4, -0.2) is 24.9 Å². The van der Waals surface area contributed by atoms with Crippen LogP contribution in [0.5, 0.6) is 0 Å². The SMILES string of the molecule is C=CCCSc1nnc2c(=O)n(-c3ccc(Cl)cc3)ccn12. The molecule has 0 unspecified atom stereocenters. The molecular formula is C15H13ClN4OS. The van der Waals surface area contributed by atoms with E-state index in [1.54, 1.807) is 52.8 Å². The van der Waals surface area contributed by atoms with Crippen molar-refractivity contribution in [3.63, 3.8) is 0 Å². The van der Waals surface area contributed by atoms with E-state index in [0.717, 1.165) is 17.9 Å². The van der Waals surface area contributed by atoms with Gasteiger partial charge in [0.25, 0.3) is 0 Å². The molecule has 3 aromatic rings. The van der Waals surface area contributed by atoms with Gasteiger partial charge in [-0.05, 0) is 30.7 Å². The fourth-order valence-electron chi connectivity index (χ4n) is 2.00. The Morgan fingerprint density at radius 3 is 2.73 bits per heavy atom. The van der Waals surface area contributed by atoms with E-state index in [4.69, 9.17) is 11.6 Å². The quantitative estimate of drug-likeness (QED) is 0.409. The molecule has 0 amide bonds. The summed E-state index contributed by atoms with van der Waals surface area (Å²) in [6.45, 7) is 3.69. The molecule has 0 bridgehead atoms. The van der Waals surface area contributed by atoms with Gasteiger partial charge in [0.15, 0.2) is 5.16 Å². The fourth-order valence-corrected chi connectivity index (χ4v) is 2.98. The predicted molar refractivity (Wildman–Crippen MR) is 89.1 cm³/mol. The van der Waals surface area contributed by atoms with E-state index in [0.29, 0.717) is 15.8 Å². The molecule has 22 heavy (non-hydrogen) atoms. The summed E-state index contributed by atoms with van der Waals surface area (Å²) in [6, 6.07) is 7.06. The molecule has 0 fully saturated rings. The van der Waals surface area contributed by atoms with Crippen LogP contribution in [0.3, 0.4) is 0 Å². The van der Waals surface area contributed by atoms with Crippen LogP contribution in [0.1, 0.15) is 6.42 Å². The van der Waals surface area contributed by atoms with Crippen molar-refractivity contribution < 1.29 is 0 Å².